The number of nitrogens with zero attached hydrogens (tertiary/aromatic N) is 1. The van der Waals surface area contributed by atoms with Crippen molar-refractivity contribution >= 4 is 42.6 Å². The van der Waals surface area contributed by atoms with Crippen LogP contribution in [0.25, 0.3) is 10.2 Å². The summed E-state index contributed by atoms with van der Waals surface area (Å²) in [4.78, 5) is 17.2. The van der Waals surface area contributed by atoms with Crippen molar-refractivity contribution < 1.29 is 17.9 Å². The zero-order valence-electron chi connectivity index (χ0n) is 15.8. The van der Waals surface area contributed by atoms with E-state index >= 15 is 0 Å². The number of hydrogen-bond donors (Lipinski definition) is 2. The highest BCUT2D eigenvalue weighted by atomic mass is 32.2. The molecule has 2 N–H and O–H groups in total. The van der Waals surface area contributed by atoms with Crippen LogP contribution in [-0.2, 0) is 16.4 Å². The van der Waals surface area contributed by atoms with Gasteiger partial charge in [0.15, 0.2) is 5.13 Å². The summed E-state index contributed by atoms with van der Waals surface area (Å²) in [7, 11) is -2.27. The molecule has 0 saturated heterocycles. The van der Waals surface area contributed by atoms with Crippen LogP contribution in [0.5, 0.6) is 5.75 Å². The number of hydrogen-bond acceptors (Lipinski definition) is 6. The van der Waals surface area contributed by atoms with Crippen molar-refractivity contribution in [3.05, 3.63) is 47.5 Å². The molecule has 1 heterocycles. The van der Waals surface area contributed by atoms with Gasteiger partial charge in [0, 0.05) is 6.54 Å². The average Bonchev–Trinajstić information content (AvgIpc) is 3.08. The maximum Gasteiger partial charge on any atom is 0.261 e. The van der Waals surface area contributed by atoms with Crippen molar-refractivity contribution in [3.8, 4) is 5.75 Å². The molecule has 1 amide bonds. The molecule has 3 aromatic rings. The Morgan fingerprint density at radius 3 is 2.64 bits per heavy atom. The first-order valence-electron chi connectivity index (χ1n) is 8.76. The van der Waals surface area contributed by atoms with E-state index in [1.165, 1.54) is 42.2 Å². The molecule has 7 nitrogen and oxygen atoms in total. The summed E-state index contributed by atoms with van der Waals surface area (Å²) < 4.78 is 33.1. The van der Waals surface area contributed by atoms with Crippen LogP contribution in [0.1, 0.15) is 29.8 Å². The molecule has 0 aliphatic carbocycles. The van der Waals surface area contributed by atoms with Gasteiger partial charge in [0.1, 0.15) is 5.75 Å². The first-order chi connectivity index (χ1) is 13.4. The average molecular weight is 420 g/mol. The van der Waals surface area contributed by atoms with Crippen LogP contribution < -0.4 is 14.8 Å². The third-order valence-corrected chi connectivity index (χ3v) is 6.62. The summed E-state index contributed by atoms with van der Waals surface area (Å²) in [6, 6.07) is 10.1. The molecule has 9 heteroatoms. The molecule has 148 valence electrons. The molecule has 1 aromatic heterocycles. The van der Waals surface area contributed by atoms with Crippen LogP contribution in [0.2, 0.25) is 0 Å². The molecule has 0 atom stereocenters. The number of nitrogens with one attached hydrogen (secondary N) is 2. The third-order valence-electron chi connectivity index (χ3n) is 4.14. The second-order valence-corrected chi connectivity index (χ2v) is 8.79. The van der Waals surface area contributed by atoms with Gasteiger partial charge in [0.2, 0.25) is 10.0 Å². The lowest BCUT2D eigenvalue weighted by molar-refractivity contribution is 0.102. The van der Waals surface area contributed by atoms with Gasteiger partial charge in [-0.1, -0.05) is 31.3 Å². The van der Waals surface area contributed by atoms with Gasteiger partial charge >= 0.3 is 0 Å². The van der Waals surface area contributed by atoms with Crippen molar-refractivity contribution in [1.82, 2.24) is 9.71 Å². The fourth-order valence-corrected chi connectivity index (χ4v) is 4.70. The lowest BCUT2D eigenvalue weighted by Crippen LogP contribution is -2.23. The van der Waals surface area contributed by atoms with Gasteiger partial charge < -0.3 is 4.74 Å². The number of aryl methyl sites for hydroxylation is 1. The first kappa shape index (κ1) is 20.2. The highest BCUT2D eigenvalue weighted by Crippen LogP contribution is 2.29. The SMILES string of the molecule is CCNS(=O)(=O)c1ccc(OC)c(C(=O)Nc2nc3ccc(CC)cc3s2)c1. The van der Waals surface area contributed by atoms with Gasteiger partial charge in [0.25, 0.3) is 5.91 Å². The van der Waals surface area contributed by atoms with Gasteiger partial charge in [-0.2, -0.15) is 0 Å². The van der Waals surface area contributed by atoms with Crippen molar-refractivity contribution in [1.29, 1.82) is 0 Å². The number of fused-ring (bicyclic) bond motifs is 1. The summed E-state index contributed by atoms with van der Waals surface area (Å²) in [5.74, 6) is -0.206. The molecule has 3 rings (SSSR count). The van der Waals surface area contributed by atoms with Crippen molar-refractivity contribution in [3.63, 3.8) is 0 Å². The summed E-state index contributed by atoms with van der Waals surface area (Å²) in [5, 5.41) is 3.18. The molecular formula is C19H21N3O4S2. The minimum atomic E-state index is -3.69. The minimum absolute atomic E-state index is 0.00260. The molecule has 2 aromatic carbocycles. The van der Waals surface area contributed by atoms with Gasteiger partial charge in [-0.25, -0.2) is 18.1 Å². The zero-order chi connectivity index (χ0) is 20.3. The van der Waals surface area contributed by atoms with Gasteiger partial charge in [0.05, 0.1) is 27.8 Å². The number of rotatable bonds is 7. The summed E-state index contributed by atoms with van der Waals surface area (Å²) >= 11 is 1.37. The highest BCUT2D eigenvalue weighted by molar-refractivity contribution is 7.89. The predicted octanol–water partition coefficient (Wildman–Crippen LogP) is 3.42. The van der Waals surface area contributed by atoms with E-state index in [0.29, 0.717) is 5.13 Å². The van der Waals surface area contributed by atoms with Crippen LogP contribution in [-0.4, -0.2) is 33.0 Å². The quantitative estimate of drug-likeness (QED) is 0.612. The number of ether oxygens (including phenoxy) is 1. The molecule has 0 aliphatic rings. The van der Waals surface area contributed by atoms with Gasteiger partial charge in [-0.15, -0.1) is 0 Å². The van der Waals surface area contributed by atoms with E-state index in [-0.39, 0.29) is 22.8 Å². The van der Waals surface area contributed by atoms with Crippen molar-refractivity contribution in [2.45, 2.75) is 25.2 Å². The Hall–Kier alpha value is -2.49. The molecular weight excluding hydrogens is 398 g/mol. The van der Waals surface area contributed by atoms with E-state index < -0.39 is 15.9 Å². The number of sulfonamides is 1. The Bertz CT molecular complexity index is 1120. The largest absolute Gasteiger partial charge is 0.496 e. The molecule has 0 bridgehead atoms. The minimum Gasteiger partial charge on any atom is -0.496 e. The fraction of sp³-hybridized carbons (Fsp3) is 0.263. The molecule has 0 saturated carbocycles. The zero-order valence-corrected chi connectivity index (χ0v) is 17.4. The normalized spacial score (nSPS) is 11.5. The molecule has 0 fully saturated rings. The topological polar surface area (TPSA) is 97.4 Å². The molecule has 0 unspecified atom stereocenters. The maximum absolute atomic E-state index is 12.8. The van der Waals surface area contributed by atoms with Crippen LogP contribution in [0.3, 0.4) is 0 Å². The standard InChI is InChI=1S/C19H21N3O4S2/c1-4-12-6-8-15-17(10-12)27-19(21-15)22-18(23)14-11-13(7-9-16(14)26-3)28(24,25)20-5-2/h6-11,20H,4-5H2,1-3H3,(H,21,22,23). The maximum atomic E-state index is 12.8. The lowest BCUT2D eigenvalue weighted by Gasteiger charge is -2.11. The number of amides is 1. The first-order valence-corrected chi connectivity index (χ1v) is 11.1. The third kappa shape index (κ3) is 4.16. The molecule has 0 spiro atoms. The second kappa shape index (κ2) is 8.26. The summed E-state index contributed by atoms with van der Waals surface area (Å²) in [5.41, 5.74) is 2.11. The molecule has 28 heavy (non-hydrogen) atoms. The van der Waals surface area contributed by atoms with E-state index in [9.17, 15) is 13.2 Å². The van der Waals surface area contributed by atoms with E-state index in [0.717, 1.165) is 16.6 Å². The number of thiazole rings is 1. The number of anilines is 1. The highest BCUT2D eigenvalue weighted by Gasteiger charge is 2.20. The number of carbonyl (C=O) groups is 1. The van der Waals surface area contributed by atoms with Gasteiger partial charge in [-0.05, 0) is 42.3 Å². The number of aromatic nitrogens is 1. The number of benzene rings is 2. The number of methoxy groups -OCH3 is 1. The number of carbonyl (C=O) groups excluding carboxylic acids is 1. The molecule has 0 radical (unpaired) electrons. The Morgan fingerprint density at radius 2 is 1.96 bits per heavy atom. The predicted molar refractivity (Wildman–Crippen MR) is 111 cm³/mol. The van der Waals surface area contributed by atoms with Crippen LogP contribution in [0.15, 0.2) is 41.3 Å². The van der Waals surface area contributed by atoms with E-state index in [1.807, 2.05) is 18.2 Å². The van der Waals surface area contributed by atoms with Crippen molar-refractivity contribution in [2.24, 2.45) is 0 Å². The van der Waals surface area contributed by atoms with Crippen LogP contribution in [0.4, 0.5) is 5.13 Å². The lowest BCUT2D eigenvalue weighted by atomic mass is 10.2. The summed E-state index contributed by atoms with van der Waals surface area (Å²) in [6.45, 7) is 4.01. The fourth-order valence-electron chi connectivity index (χ4n) is 2.71. The van der Waals surface area contributed by atoms with E-state index in [1.54, 1.807) is 6.92 Å². The molecule has 0 aliphatic heterocycles. The smallest absolute Gasteiger partial charge is 0.261 e. The van der Waals surface area contributed by atoms with E-state index in [2.05, 4.69) is 21.9 Å². The summed E-state index contributed by atoms with van der Waals surface area (Å²) in [6.07, 6.45) is 0.916. The Balaban J connectivity index is 1.93. The monoisotopic (exact) mass is 419 g/mol. The Kier molecular flexibility index (Phi) is 5.97. The second-order valence-electron chi connectivity index (χ2n) is 5.99. The van der Waals surface area contributed by atoms with Crippen LogP contribution in [0, 0.1) is 0 Å². The van der Waals surface area contributed by atoms with E-state index in [4.69, 9.17) is 4.74 Å². The van der Waals surface area contributed by atoms with Crippen molar-refractivity contribution in [2.75, 3.05) is 19.0 Å². The Labute approximate surface area is 167 Å². The van der Waals surface area contributed by atoms with Gasteiger partial charge in [-0.3, -0.25) is 10.1 Å². The van der Waals surface area contributed by atoms with Crippen LogP contribution >= 0.6 is 11.3 Å². The Morgan fingerprint density at radius 1 is 1.18 bits per heavy atom.